The molecule has 0 aromatic rings. The van der Waals surface area contributed by atoms with E-state index in [9.17, 15) is 9.59 Å². The maximum absolute atomic E-state index is 12.4. The van der Waals surface area contributed by atoms with Gasteiger partial charge in [-0.1, -0.05) is 29.8 Å². The largest absolute Gasteiger partial charge is 2.00 e. The number of hydrogen-bond donors (Lipinski definition) is 0. The van der Waals surface area contributed by atoms with Crippen LogP contribution in [0.3, 0.4) is 0 Å². The molecule has 0 aromatic carbocycles. The van der Waals surface area contributed by atoms with Crippen LogP contribution in [-0.2, 0) is 26.7 Å². The topological polar surface area (TPSA) is 40.6 Å². The van der Waals surface area contributed by atoms with Gasteiger partial charge in [0.1, 0.15) is 5.57 Å². The van der Waals surface area contributed by atoms with Crippen LogP contribution in [0.15, 0.2) is 34.4 Å². The molecular formula is C23H22Cl2FeN2O2S+2. The van der Waals surface area contributed by atoms with Crippen molar-refractivity contribution in [1.82, 2.24) is 9.80 Å². The Kier molecular flexibility index (Phi) is 12.6. The summed E-state index contributed by atoms with van der Waals surface area (Å²) in [6, 6.07) is 0. The number of nitrogens with zero attached hydrogens (tertiary/aromatic N) is 2. The zero-order valence-corrected chi connectivity index (χ0v) is 20.6. The molecule has 2 amide bonds. The zero-order chi connectivity index (χ0) is 22.3. The molecular weight excluding hydrogens is 495 g/mol. The third-order valence-electron chi connectivity index (χ3n) is 4.36. The Morgan fingerprint density at radius 3 is 1.71 bits per heavy atom. The van der Waals surface area contributed by atoms with Gasteiger partial charge in [-0.2, -0.15) is 0 Å². The van der Waals surface area contributed by atoms with Gasteiger partial charge in [0.2, 0.25) is 0 Å². The van der Waals surface area contributed by atoms with Crippen molar-refractivity contribution < 1.29 is 26.7 Å². The number of carbonyl (C=O) groups excluding carboxylic acids is 2. The van der Waals surface area contributed by atoms with Gasteiger partial charge < -0.3 is 0 Å². The molecule has 1 aliphatic heterocycles. The minimum Gasteiger partial charge on any atom is -0.285 e. The Hall–Kier alpha value is -0.651. The Bertz CT molecular complexity index is 714. The summed E-state index contributed by atoms with van der Waals surface area (Å²) in [4.78, 5) is 27.6. The van der Waals surface area contributed by atoms with E-state index in [0.717, 1.165) is 11.8 Å². The quantitative estimate of drug-likeness (QED) is 0.232. The minimum atomic E-state index is -0.384. The fourth-order valence-corrected chi connectivity index (χ4v) is 3.48. The fourth-order valence-electron chi connectivity index (χ4n) is 2.74. The molecule has 0 aromatic heterocycles. The van der Waals surface area contributed by atoms with Gasteiger partial charge in [0.25, 0.3) is 11.8 Å². The van der Waals surface area contributed by atoms with E-state index in [1.165, 1.54) is 15.9 Å². The van der Waals surface area contributed by atoms with Crippen LogP contribution < -0.4 is 0 Å². The average molecular weight is 517 g/mol. The third-order valence-corrected chi connectivity index (χ3v) is 5.36. The average Bonchev–Trinajstić information content (AvgIpc) is 3.43. The molecule has 8 heteroatoms. The number of rotatable bonds is 5. The van der Waals surface area contributed by atoms with E-state index < -0.39 is 0 Å². The normalized spacial score (nSPS) is 20.6. The summed E-state index contributed by atoms with van der Waals surface area (Å²) in [5, 5.41) is 1.33. The summed E-state index contributed by atoms with van der Waals surface area (Å²) in [7, 11) is 0. The Morgan fingerprint density at radius 1 is 0.935 bits per heavy atom. The van der Waals surface area contributed by atoms with Gasteiger partial charge in [-0.05, 0) is 89.6 Å². The summed E-state index contributed by atoms with van der Waals surface area (Å²) in [6.07, 6.45) is 18.2. The van der Waals surface area contributed by atoms with Crippen molar-refractivity contribution in [3.05, 3.63) is 97.6 Å². The summed E-state index contributed by atoms with van der Waals surface area (Å²) in [5.41, 5.74) is 0.0713. The van der Waals surface area contributed by atoms with Crippen LogP contribution in [0.2, 0.25) is 0 Å². The van der Waals surface area contributed by atoms with E-state index in [0.29, 0.717) is 23.2 Å². The van der Waals surface area contributed by atoms with Gasteiger partial charge in [-0.15, -0.1) is 0 Å². The second-order valence-electron chi connectivity index (χ2n) is 6.23. The van der Waals surface area contributed by atoms with Gasteiger partial charge in [0.05, 0.1) is 0 Å². The summed E-state index contributed by atoms with van der Waals surface area (Å²) in [5.74, 6) is 1.08. The third kappa shape index (κ3) is 7.43. The Balaban J connectivity index is 0.000000450. The molecule has 3 rings (SSSR count). The van der Waals surface area contributed by atoms with Crippen molar-refractivity contribution in [1.29, 1.82) is 0 Å². The van der Waals surface area contributed by atoms with Gasteiger partial charge in [-0.3, -0.25) is 19.4 Å². The van der Waals surface area contributed by atoms with Crippen LogP contribution in [0.5, 0.6) is 0 Å². The predicted octanol–water partition coefficient (Wildman–Crippen LogP) is 4.58. The summed E-state index contributed by atoms with van der Waals surface area (Å²) >= 11 is 16.9. The van der Waals surface area contributed by atoms with Gasteiger partial charge in [0.15, 0.2) is 5.11 Å². The van der Waals surface area contributed by atoms with Gasteiger partial charge in [0, 0.05) is 35.0 Å². The zero-order valence-electron chi connectivity index (χ0n) is 17.1. The molecule has 31 heavy (non-hydrogen) atoms. The van der Waals surface area contributed by atoms with Crippen LogP contribution in [0, 0.1) is 63.2 Å². The van der Waals surface area contributed by atoms with Crippen molar-refractivity contribution in [3.8, 4) is 0 Å². The molecule has 0 N–H and O–H groups in total. The molecule has 162 valence electrons. The second kappa shape index (κ2) is 13.8. The van der Waals surface area contributed by atoms with Gasteiger partial charge >= 0.3 is 17.1 Å². The molecule has 2 aliphatic carbocycles. The van der Waals surface area contributed by atoms with Crippen LogP contribution >= 0.6 is 35.4 Å². The first-order valence-corrected chi connectivity index (χ1v) is 10.5. The van der Waals surface area contributed by atoms with E-state index in [-0.39, 0.29) is 39.6 Å². The number of halogens is 2. The van der Waals surface area contributed by atoms with E-state index in [1.54, 1.807) is 6.08 Å². The number of hydrogen-bond acceptors (Lipinski definition) is 3. The Labute approximate surface area is 212 Å². The number of amides is 2. The maximum Gasteiger partial charge on any atom is 2.00 e. The molecule has 10 radical (unpaired) electrons. The Morgan fingerprint density at radius 2 is 1.35 bits per heavy atom. The number of allylic oxidation sites excluding steroid dienone is 4. The first-order chi connectivity index (χ1) is 14.3. The van der Waals surface area contributed by atoms with E-state index in [4.69, 9.17) is 35.4 Å². The molecule has 0 spiro atoms. The number of carbonyl (C=O) groups is 2. The number of likely N-dealkylation sites (N-methyl/N-ethyl adjacent to an activating group) is 2. The van der Waals surface area contributed by atoms with Crippen molar-refractivity contribution >= 4 is 52.3 Å². The molecule has 3 aliphatic rings. The molecule has 1 heterocycles. The standard InChI is InChI=1S/C16H16ClN2O2S.C7H6Cl.Fe/c1-3-18-14(20)12(15(21)19(4-2)16(18)22)9-10-13(17)11-7-5-6-8-11;1-6(8)7-4-2-3-5-7;/h5-10H,3-4H2,1-2H3;2-5H,1H2;/q;;+2/b13-10-;;. The smallest absolute Gasteiger partial charge is 0.285 e. The van der Waals surface area contributed by atoms with Crippen molar-refractivity contribution in [2.45, 2.75) is 13.8 Å². The van der Waals surface area contributed by atoms with Crippen LogP contribution in [0.25, 0.3) is 0 Å². The molecule has 0 bridgehead atoms. The van der Waals surface area contributed by atoms with Crippen molar-refractivity contribution in [3.63, 3.8) is 0 Å². The molecule has 1 saturated heterocycles. The molecule has 0 unspecified atom stereocenters. The maximum atomic E-state index is 12.4. The number of thiocarbonyl (C=S) groups is 1. The van der Waals surface area contributed by atoms with E-state index in [1.807, 2.05) is 65.2 Å². The molecule has 3 fully saturated rings. The van der Waals surface area contributed by atoms with E-state index in [2.05, 4.69) is 6.58 Å². The van der Waals surface area contributed by atoms with Crippen molar-refractivity contribution in [2.75, 3.05) is 13.1 Å². The molecule has 0 atom stereocenters. The van der Waals surface area contributed by atoms with Crippen LogP contribution in [-0.4, -0.2) is 39.8 Å². The predicted molar refractivity (Wildman–Crippen MR) is 125 cm³/mol. The van der Waals surface area contributed by atoms with Gasteiger partial charge in [-0.25, -0.2) is 0 Å². The first-order valence-electron chi connectivity index (χ1n) is 9.35. The SMILES string of the molecule is C=C(Cl)[C]1[CH][CH][CH][CH]1.CCN1C(=O)C(=C/C=C(\Cl)[C]2[CH][CH][CH][CH]2)C(=O)N(CC)C1=S.[Fe+2]. The molecule has 4 nitrogen and oxygen atoms in total. The minimum absolute atomic E-state index is 0. The molecule has 2 saturated carbocycles. The van der Waals surface area contributed by atoms with Crippen LogP contribution in [0.4, 0.5) is 0 Å². The summed E-state index contributed by atoms with van der Waals surface area (Å²) < 4.78 is 0. The monoisotopic (exact) mass is 516 g/mol. The van der Waals surface area contributed by atoms with Crippen molar-refractivity contribution in [2.24, 2.45) is 0 Å². The van der Waals surface area contributed by atoms with Crippen LogP contribution in [0.1, 0.15) is 13.8 Å². The fraction of sp³-hybridized carbons (Fsp3) is 0.174. The summed E-state index contributed by atoms with van der Waals surface area (Å²) in [6.45, 7) is 8.03. The first kappa shape index (κ1) is 28.4. The van der Waals surface area contributed by atoms with E-state index >= 15 is 0 Å². The second-order valence-corrected chi connectivity index (χ2v) is 7.46.